The molecule has 0 amide bonds. The number of hydrogen-bond acceptors (Lipinski definition) is 3. The van der Waals surface area contributed by atoms with E-state index in [9.17, 15) is 0 Å². The summed E-state index contributed by atoms with van der Waals surface area (Å²) < 4.78 is 18.6. The summed E-state index contributed by atoms with van der Waals surface area (Å²) in [5.74, 6) is 1.54. The van der Waals surface area contributed by atoms with Crippen molar-refractivity contribution >= 4 is 45.2 Å². The summed E-state index contributed by atoms with van der Waals surface area (Å²) in [6.45, 7) is 9.24. The van der Waals surface area contributed by atoms with Gasteiger partial charge in [-0.1, -0.05) is 85.7 Å². The lowest BCUT2D eigenvalue weighted by molar-refractivity contribution is -0.233. The number of rotatable bonds is 16. The standard InChI is InChI=1S/C20H40I2O3/c1-15(13-17(3)21)9-7-11-19(23-5)25-20(24-6)12-8-10-16(2)14-18(4)22/h15-20H,7-14H2,1-6H3. The fourth-order valence-corrected chi connectivity index (χ4v) is 5.00. The maximum absolute atomic E-state index is 6.03. The van der Waals surface area contributed by atoms with Crippen molar-refractivity contribution in [2.24, 2.45) is 11.8 Å². The van der Waals surface area contributed by atoms with Gasteiger partial charge in [0.2, 0.25) is 0 Å². The van der Waals surface area contributed by atoms with Crippen LogP contribution in [0.2, 0.25) is 0 Å². The molecule has 25 heavy (non-hydrogen) atoms. The van der Waals surface area contributed by atoms with E-state index in [1.807, 2.05) is 0 Å². The van der Waals surface area contributed by atoms with E-state index in [-0.39, 0.29) is 12.6 Å². The van der Waals surface area contributed by atoms with Gasteiger partial charge in [-0.2, -0.15) is 0 Å². The molecule has 5 heteroatoms. The molecule has 0 heterocycles. The minimum absolute atomic E-state index is 0.152. The summed E-state index contributed by atoms with van der Waals surface area (Å²) >= 11 is 5.02. The molecule has 6 atom stereocenters. The van der Waals surface area contributed by atoms with Crippen LogP contribution >= 0.6 is 45.2 Å². The lowest BCUT2D eigenvalue weighted by atomic mass is 9.99. The first kappa shape index (κ1) is 26.3. The Kier molecular flexibility index (Phi) is 17.2. The van der Waals surface area contributed by atoms with Gasteiger partial charge in [0.1, 0.15) is 0 Å². The average Bonchev–Trinajstić information content (AvgIpc) is 2.50. The average molecular weight is 582 g/mol. The Hall–Kier alpha value is 1.34. The van der Waals surface area contributed by atoms with E-state index in [4.69, 9.17) is 14.2 Å². The molecule has 0 rings (SSSR count). The molecule has 0 aliphatic carbocycles. The van der Waals surface area contributed by atoms with Crippen LogP contribution in [0, 0.1) is 11.8 Å². The lowest BCUT2D eigenvalue weighted by Gasteiger charge is -2.24. The molecule has 0 N–H and O–H groups in total. The van der Waals surface area contributed by atoms with E-state index in [1.165, 1.54) is 25.7 Å². The second kappa shape index (κ2) is 16.3. The van der Waals surface area contributed by atoms with Crippen LogP contribution in [0.5, 0.6) is 0 Å². The van der Waals surface area contributed by atoms with Crippen molar-refractivity contribution in [1.29, 1.82) is 0 Å². The Morgan fingerprint density at radius 1 is 0.640 bits per heavy atom. The highest BCUT2D eigenvalue weighted by molar-refractivity contribution is 14.1. The molecule has 0 fully saturated rings. The maximum Gasteiger partial charge on any atom is 0.160 e. The molecule has 0 aromatic heterocycles. The molecule has 0 aliphatic heterocycles. The zero-order valence-corrected chi connectivity index (χ0v) is 21.4. The molecule has 0 saturated carbocycles. The van der Waals surface area contributed by atoms with E-state index < -0.39 is 0 Å². The van der Waals surface area contributed by atoms with E-state index in [0.29, 0.717) is 0 Å². The van der Waals surface area contributed by atoms with Crippen molar-refractivity contribution in [1.82, 2.24) is 0 Å². The highest BCUT2D eigenvalue weighted by Gasteiger charge is 2.17. The van der Waals surface area contributed by atoms with Crippen LogP contribution < -0.4 is 0 Å². The SMILES string of the molecule is COC(CCCC(C)CC(C)I)OC(CCCC(C)CC(C)I)OC. The molecular formula is C20H40I2O3. The van der Waals surface area contributed by atoms with Gasteiger partial charge in [0, 0.05) is 22.1 Å². The molecule has 0 radical (unpaired) electrons. The Bertz CT molecular complexity index is 273. The molecule has 0 spiro atoms. The molecule has 0 aliphatic rings. The number of alkyl halides is 2. The van der Waals surface area contributed by atoms with Gasteiger partial charge in [0.15, 0.2) is 12.6 Å². The zero-order valence-electron chi connectivity index (χ0n) is 17.1. The molecular weight excluding hydrogens is 542 g/mol. The van der Waals surface area contributed by atoms with Crippen LogP contribution in [0.3, 0.4) is 0 Å². The second-order valence-corrected chi connectivity index (χ2v) is 11.8. The third kappa shape index (κ3) is 16.0. The minimum atomic E-state index is -0.152. The van der Waals surface area contributed by atoms with Crippen molar-refractivity contribution < 1.29 is 14.2 Å². The quantitative estimate of drug-likeness (QED) is 0.112. The van der Waals surface area contributed by atoms with Gasteiger partial charge in [-0.3, -0.25) is 0 Å². The predicted octanol–water partition coefficient (Wildman–Crippen LogP) is 6.99. The van der Waals surface area contributed by atoms with Crippen LogP contribution in [0.1, 0.15) is 79.1 Å². The third-order valence-corrected chi connectivity index (χ3v) is 5.57. The van der Waals surface area contributed by atoms with Gasteiger partial charge >= 0.3 is 0 Å². The fourth-order valence-electron chi connectivity index (χ4n) is 3.26. The summed E-state index contributed by atoms with van der Waals surface area (Å²) in [6.07, 6.45) is 8.91. The van der Waals surface area contributed by atoms with E-state index in [2.05, 4.69) is 72.9 Å². The van der Waals surface area contributed by atoms with E-state index in [0.717, 1.165) is 45.4 Å². The first-order valence-corrected chi connectivity index (χ1v) is 12.3. The van der Waals surface area contributed by atoms with Gasteiger partial charge in [0.05, 0.1) is 0 Å². The molecule has 0 aromatic rings. The topological polar surface area (TPSA) is 27.7 Å². The Balaban J connectivity index is 4.03. The molecule has 3 nitrogen and oxygen atoms in total. The van der Waals surface area contributed by atoms with Gasteiger partial charge in [-0.15, -0.1) is 0 Å². The predicted molar refractivity (Wildman–Crippen MR) is 125 cm³/mol. The molecule has 6 unspecified atom stereocenters. The smallest absolute Gasteiger partial charge is 0.160 e. The summed E-state index contributed by atoms with van der Waals surface area (Å²) in [7, 11) is 3.47. The maximum atomic E-state index is 6.03. The van der Waals surface area contributed by atoms with E-state index in [1.54, 1.807) is 14.2 Å². The largest absolute Gasteiger partial charge is 0.356 e. The van der Waals surface area contributed by atoms with Gasteiger partial charge in [0.25, 0.3) is 0 Å². The van der Waals surface area contributed by atoms with Crippen molar-refractivity contribution in [3.8, 4) is 0 Å². The fraction of sp³-hybridized carbons (Fsp3) is 1.00. The monoisotopic (exact) mass is 582 g/mol. The molecule has 0 bridgehead atoms. The van der Waals surface area contributed by atoms with Crippen LogP contribution in [0.4, 0.5) is 0 Å². The number of halogens is 2. The van der Waals surface area contributed by atoms with Crippen LogP contribution in [-0.2, 0) is 14.2 Å². The second-order valence-electron chi connectivity index (χ2n) is 7.57. The first-order chi connectivity index (χ1) is 11.8. The van der Waals surface area contributed by atoms with Crippen LogP contribution in [0.15, 0.2) is 0 Å². The van der Waals surface area contributed by atoms with Crippen LogP contribution in [-0.4, -0.2) is 34.6 Å². The molecule has 0 saturated heterocycles. The highest BCUT2D eigenvalue weighted by Crippen LogP contribution is 2.22. The van der Waals surface area contributed by atoms with Gasteiger partial charge in [-0.25, -0.2) is 0 Å². The summed E-state index contributed by atoms with van der Waals surface area (Å²) in [4.78, 5) is 0. The van der Waals surface area contributed by atoms with Crippen molar-refractivity contribution in [3.05, 3.63) is 0 Å². The highest BCUT2D eigenvalue weighted by atomic mass is 127. The summed E-state index contributed by atoms with van der Waals surface area (Å²) in [6, 6.07) is 0. The number of ether oxygens (including phenoxy) is 3. The summed E-state index contributed by atoms with van der Waals surface area (Å²) in [5, 5.41) is 0. The van der Waals surface area contributed by atoms with E-state index >= 15 is 0 Å². The van der Waals surface area contributed by atoms with Crippen LogP contribution in [0.25, 0.3) is 0 Å². The lowest BCUT2D eigenvalue weighted by Crippen LogP contribution is -2.25. The Labute approximate surface area is 184 Å². The number of hydrogen-bond donors (Lipinski definition) is 0. The molecule has 152 valence electrons. The van der Waals surface area contributed by atoms with Gasteiger partial charge in [-0.05, 0) is 50.4 Å². The zero-order chi connectivity index (χ0) is 19.2. The minimum Gasteiger partial charge on any atom is -0.356 e. The Morgan fingerprint density at radius 2 is 1.00 bits per heavy atom. The number of methoxy groups -OCH3 is 2. The van der Waals surface area contributed by atoms with Crippen molar-refractivity contribution in [3.63, 3.8) is 0 Å². The molecule has 0 aromatic carbocycles. The normalized spacial score (nSPS) is 19.2. The Morgan fingerprint density at radius 3 is 1.28 bits per heavy atom. The van der Waals surface area contributed by atoms with Gasteiger partial charge < -0.3 is 14.2 Å². The van der Waals surface area contributed by atoms with Crippen molar-refractivity contribution in [2.45, 2.75) is 99.5 Å². The summed E-state index contributed by atoms with van der Waals surface area (Å²) in [5.41, 5.74) is 0. The first-order valence-electron chi connectivity index (χ1n) is 9.77. The van der Waals surface area contributed by atoms with Crippen molar-refractivity contribution in [2.75, 3.05) is 14.2 Å². The third-order valence-electron chi connectivity index (χ3n) is 4.56.